The van der Waals surface area contributed by atoms with Gasteiger partial charge in [-0.1, -0.05) is 6.92 Å². The summed E-state index contributed by atoms with van der Waals surface area (Å²) in [7, 11) is 0. The first-order valence-electron chi connectivity index (χ1n) is 4.71. The van der Waals surface area contributed by atoms with Gasteiger partial charge in [-0.05, 0) is 34.5 Å². The minimum absolute atomic E-state index is 0.0815. The molecule has 0 bridgehead atoms. The molecule has 0 amide bonds. The lowest BCUT2D eigenvalue weighted by Gasteiger charge is -2.14. The van der Waals surface area contributed by atoms with Gasteiger partial charge in [0.2, 0.25) is 0 Å². The first-order chi connectivity index (χ1) is 7.13. The Balaban J connectivity index is 2.59. The molecule has 0 aromatic heterocycles. The van der Waals surface area contributed by atoms with E-state index in [1.807, 2.05) is 6.92 Å². The number of ketones is 1. The third-order valence-electron chi connectivity index (χ3n) is 2.42. The molecule has 0 atom stereocenters. The molecule has 0 fully saturated rings. The monoisotopic (exact) mass is 269 g/mol. The van der Waals surface area contributed by atoms with Crippen LogP contribution in [0.5, 0.6) is 0 Å². The Hall–Kier alpha value is -1.03. The van der Waals surface area contributed by atoms with E-state index in [9.17, 15) is 9.18 Å². The molecule has 0 unspecified atom stereocenters. The molecule has 15 heavy (non-hydrogen) atoms. The van der Waals surface area contributed by atoms with Gasteiger partial charge in [0.05, 0.1) is 15.9 Å². The topological polar surface area (TPSA) is 29.4 Å². The number of fused-ring (bicyclic) bond motifs is 1. The van der Waals surface area contributed by atoms with Crippen LogP contribution in [0.4, 0.5) is 10.1 Å². The van der Waals surface area contributed by atoms with Crippen molar-refractivity contribution in [1.82, 2.24) is 0 Å². The fourth-order valence-electron chi connectivity index (χ4n) is 1.60. The molecule has 0 spiro atoms. The van der Waals surface area contributed by atoms with Crippen LogP contribution in [0.15, 0.2) is 21.6 Å². The fraction of sp³-hybridized carbons (Fsp3) is 0.273. The summed E-state index contributed by atoms with van der Waals surface area (Å²) in [6, 6.07) is 3.34. The van der Waals surface area contributed by atoms with Crippen LogP contribution in [0, 0.1) is 5.82 Å². The van der Waals surface area contributed by atoms with Gasteiger partial charge in [0, 0.05) is 12.0 Å². The molecule has 2 nitrogen and oxygen atoms in total. The molecule has 0 radical (unpaired) electrons. The normalized spacial score (nSPS) is 14.9. The van der Waals surface area contributed by atoms with Crippen molar-refractivity contribution in [1.29, 1.82) is 0 Å². The molecule has 0 saturated carbocycles. The average Bonchev–Trinajstić information content (AvgIpc) is 2.24. The van der Waals surface area contributed by atoms with Crippen molar-refractivity contribution < 1.29 is 9.18 Å². The largest absolute Gasteiger partial charge is 0.292 e. The Labute approximate surface area is 95.3 Å². The van der Waals surface area contributed by atoms with Crippen LogP contribution in [0.25, 0.3) is 0 Å². The van der Waals surface area contributed by atoms with Crippen LogP contribution >= 0.6 is 15.9 Å². The highest BCUT2D eigenvalue weighted by Gasteiger charge is 2.22. The van der Waals surface area contributed by atoms with Crippen LogP contribution < -0.4 is 0 Å². The summed E-state index contributed by atoms with van der Waals surface area (Å²) >= 11 is 3.09. The fourth-order valence-corrected chi connectivity index (χ4v) is 1.97. The number of nitrogens with zero attached hydrogens (tertiary/aromatic N) is 1. The summed E-state index contributed by atoms with van der Waals surface area (Å²) in [5.74, 6) is -0.457. The summed E-state index contributed by atoms with van der Waals surface area (Å²) in [6.07, 6.45) is 0.712. The number of rotatable bonds is 1. The first-order valence-corrected chi connectivity index (χ1v) is 5.50. The molecule has 1 heterocycles. The molecular formula is C11H9BrFNO. The van der Waals surface area contributed by atoms with Gasteiger partial charge in [0.25, 0.3) is 0 Å². The van der Waals surface area contributed by atoms with Gasteiger partial charge in [-0.25, -0.2) is 9.38 Å². The number of carbonyl (C=O) groups is 1. The zero-order valence-corrected chi connectivity index (χ0v) is 9.77. The quantitative estimate of drug-likeness (QED) is 0.770. The number of hydrogen-bond acceptors (Lipinski definition) is 2. The van der Waals surface area contributed by atoms with Crippen molar-refractivity contribution >= 4 is 33.1 Å². The Kier molecular flexibility index (Phi) is 2.69. The van der Waals surface area contributed by atoms with Gasteiger partial charge < -0.3 is 0 Å². The highest BCUT2D eigenvalue weighted by molar-refractivity contribution is 9.10. The predicted octanol–water partition coefficient (Wildman–Crippen LogP) is 3.20. The van der Waals surface area contributed by atoms with Crippen LogP contribution in [0.3, 0.4) is 0 Å². The van der Waals surface area contributed by atoms with Crippen molar-refractivity contribution in [3.8, 4) is 0 Å². The van der Waals surface area contributed by atoms with Crippen LogP contribution in [0.2, 0.25) is 0 Å². The van der Waals surface area contributed by atoms with Crippen molar-refractivity contribution in [2.45, 2.75) is 19.8 Å². The Morgan fingerprint density at radius 1 is 1.53 bits per heavy atom. The van der Waals surface area contributed by atoms with E-state index in [0.717, 1.165) is 0 Å². The van der Waals surface area contributed by atoms with E-state index in [0.29, 0.717) is 27.9 Å². The number of carbonyl (C=O) groups excluding carboxylic acids is 1. The lowest BCUT2D eigenvalue weighted by Crippen LogP contribution is -2.20. The zero-order valence-electron chi connectivity index (χ0n) is 8.18. The van der Waals surface area contributed by atoms with Crippen LogP contribution in [0.1, 0.15) is 18.9 Å². The maximum absolute atomic E-state index is 13.6. The standard InChI is InChI=1S/C11H9BrFNO/c1-2-8-10(15)5-6-9(14-8)4-3-7(12)11(6)13/h3-4H,2,5H2,1H3. The first kappa shape index (κ1) is 10.5. The van der Waals surface area contributed by atoms with E-state index >= 15 is 0 Å². The van der Waals surface area contributed by atoms with Gasteiger partial charge in [-0.15, -0.1) is 0 Å². The van der Waals surface area contributed by atoms with E-state index < -0.39 is 0 Å². The number of aliphatic imine (C=N–C) groups is 1. The van der Waals surface area contributed by atoms with Gasteiger partial charge in [-0.2, -0.15) is 0 Å². The molecule has 2 rings (SSSR count). The van der Waals surface area contributed by atoms with Crippen LogP contribution in [-0.2, 0) is 11.2 Å². The van der Waals surface area contributed by atoms with Gasteiger partial charge in [0.15, 0.2) is 5.78 Å². The molecule has 1 aliphatic rings. The lowest BCUT2D eigenvalue weighted by molar-refractivity contribution is -0.112. The predicted molar refractivity (Wildman–Crippen MR) is 60.2 cm³/mol. The molecular weight excluding hydrogens is 261 g/mol. The van der Waals surface area contributed by atoms with E-state index in [4.69, 9.17) is 0 Å². The van der Waals surface area contributed by atoms with Crippen molar-refractivity contribution in [2.24, 2.45) is 4.99 Å². The van der Waals surface area contributed by atoms with Gasteiger partial charge in [0.1, 0.15) is 5.82 Å². The number of hydrogen-bond donors (Lipinski definition) is 0. The molecule has 1 aromatic carbocycles. The summed E-state index contributed by atoms with van der Waals surface area (Å²) < 4.78 is 14.0. The van der Waals surface area contributed by atoms with Crippen LogP contribution in [-0.4, -0.2) is 11.5 Å². The Bertz CT molecular complexity index is 468. The van der Waals surface area contributed by atoms with Crippen molar-refractivity contribution in [2.75, 3.05) is 0 Å². The molecule has 0 aliphatic carbocycles. The maximum atomic E-state index is 13.6. The summed E-state index contributed by atoms with van der Waals surface area (Å²) in [4.78, 5) is 15.7. The molecule has 0 N–H and O–H groups in total. The number of halogens is 2. The highest BCUT2D eigenvalue weighted by Crippen LogP contribution is 2.31. The number of benzene rings is 1. The van der Waals surface area contributed by atoms with E-state index in [2.05, 4.69) is 20.9 Å². The second-order valence-corrected chi connectivity index (χ2v) is 4.23. The third-order valence-corrected chi connectivity index (χ3v) is 3.03. The lowest BCUT2D eigenvalue weighted by atomic mass is 9.99. The van der Waals surface area contributed by atoms with E-state index in [1.54, 1.807) is 12.1 Å². The molecule has 78 valence electrons. The second kappa shape index (κ2) is 3.85. The maximum Gasteiger partial charge on any atom is 0.181 e. The summed E-state index contributed by atoms with van der Waals surface area (Å²) in [6.45, 7) is 1.87. The van der Waals surface area contributed by atoms with E-state index in [1.165, 1.54) is 0 Å². The summed E-state index contributed by atoms with van der Waals surface area (Å²) in [5, 5.41) is 0. The van der Waals surface area contributed by atoms with E-state index in [-0.39, 0.29) is 18.0 Å². The van der Waals surface area contributed by atoms with Crippen molar-refractivity contribution in [3.63, 3.8) is 0 Å². The number of Topliss-reactive ketones (excluding diaryl/α,β-unsaturated/α-hetero) is 1. The van der Waals surface area contributed by atoms with Crippen molar-refractivity contribution in [3.05, 3.63) is 28.0 Å². The summed E-state index contributed by atoms with van der Waals surface area (Å²) in [5.41, 5.74) is 1.50. The highest BCUT2D eigenvalue weighted by atomic mass is 79.9. The minimum Gasteiger partial charge on any atom is -0.292 e. The van der Waals surface area contributed by atoms with Gasteiger partial charge in [-0.3, -0.25) is 4.79 Å². The molecule has 1 aliphatic heterocycles. The molecule has 4 heteroatoms. The second-order valence-electron chi connectivity index (χ2n) is 3.37. The average molecular weight is 270 g/mol. The SMILES string of the molecule is CCC1=Nc2ccc(Br)c(F)c2CC1=O. The molecule has 0 saturated heterocycles. The Morgan fingerprint density at radius 3 is 2.93 bits per heavy atom. The third kappa shape index (κ3) is 1.74. The zero-order chi connectivity index (χ0) is 11.0. The Morgan fingerprint density at radius 2 is 2.27 bits per heavy atom. The molecule has 1 aromatic rings. The van der Waals surface area contributed by atoms with Gasteiger partial charge >= 0.3 is 0 Å². The smallest absolute Gasteiger partial charge is 0.181 e. The minimum atomic E-state index is -0.375.